The van der Waals surface area contributed by atoms with E-state index in [1.165, 1.54) is 8.94 Å². The molecule has 1 heteroatoms. The summed E-state index contributed by atoms with van der Waals surface area (Å²) in [5, 5.41) is 0. The Kier molecular flexibility index (Phi) is 6.05. The van der Waals surface area contributed by atoms with E-state index in [1.54, 1.807) is 0 Å². The van der Waals surface area contributed by atoms with Gasteiger partial charge in [-0.25, -0.2) is 0 Å². The maximum absolute atomic E-state index is 2.32. The van der Waals surface area contributed by atoms with Crippen LogP contribution in [0.3, 0.4) is 0 Å². The molecule has 0 radical (unpaired) electrons. The number of hydrogen-bond acceptors (Lipinski definition) is 0. The van der Waals surface area contributed by atoms with Crippen molar-refractivity contribution in [3.63, 3.8) is 0 Å². The molecule has 0 saturated heterocycles. The zero-order chi connectivity index (χ0) is 7.28. The zero-order valence-corrected chi connectivity index (χ0v) is 9.31. The third-order valence-electron chi connectivity index (χ3n) is 0.902. The van der Waals surface area contributed by atoms with E-state index < -0.39 is 0 Å². The summed E-state index contributed by atoms with van der Waals surface area (Å²) in [5.41, 5.74) is 0. The van der Waals surface area contributed by atoms with Crippen molar-refractivity contribution in [2.75, 3.05) is 0 Å². The van der Waals surface area contributed by atoms with Gasteiger partial charge in [0.2, 0.25) is 0 Å². The van der Waals surface area contributed by atoms with E-state index in [9.17, 15) is 0 Å². The summed E-state index contributed by atoms with van der Waals surface area (Å²) in [6.07, 6.45) is 0. The van der Waals surface area contributed by atoms with Crippen LogP contribution in [0, 0.1) is 11.8 Å². The Bertz CT molecular complexity index is 49.6. The van der Waals surface area contributed by atoms with Gasteiger partial charge < -0.3 is 0 Å². The van der Waals surface area contributed by atoms with Crippen LogP contribution in [0.15, 0.2) is 0 Å². The maximum atomic E-state index is 2.32. The predicted octanol–water partition coefficient (Wildman–Crippen LogP) is 2.84. The molecular weight excluding hydrogens is 224 g/mol. The van der Waals surface area contributed by atoms with Crippen molar-refractivity contribution in [3.8, 4) is 0 Å². The van der Waals surface area contributed by atoms with Gasteiger partial charge in [0, 0.05) is 0 Å². The molecule has 0 aliphatic rings. The first kappa shape index (κ1) is 9.79. The Labute approximate surface area is 69.5 Å². The van der Waals surface area contributed by atoms with Crippen LogP contribution in [-0.4, -0.2) is 20.9 Å². The average Bonchev–Trinajstić information content (AvgIpc) is 1.63. The van der Waals surface area contributed by atoms with Gasteiger partial charge in [-0.05, 0) is 0 Å². The monoisotopic (exact) mass is 244 g/mol. The fraction of sp³-hybridized carbons (Fsp3) is 1.00. The van der Waals surface area contributed by atoms with E-state index in [0.29, 0.717) is 20.9 Å². The van der Waals surface area contributed by atoms with Crippen LogP contribution < -0.4 is 0 Å². The van der Waals surface area contributed by atoms with E-state index in [2.05, 4.69) is 27.7 Å². The van der Waals surface area contributed by atoms with E-state index in [0.717, 1.165) is 11.8 Å². The molecule has 0 N–H and O–H groups in total. The Hall–Kier alpha value is 0.790. The predicted molar refractivity (Wildman–Crippen MR) is 45.0 cm³/mol. The third kappa shape index (κ3) is 8.79. The van der Waals surface area contributed by atoms with Crippen molar-refractivity contribution in [1.29, 1.82) is 0 Å². The summed E-state index contributed by atoms with van der Waals surface area (Å²) < 4.78 is 3.06. The Morgan fingerprint density at radius 3 is 1.44 bits per heavy atom. The molecule has 0 aromatic rings. The molecule has 0 nitrogen and oxygen atoms in total. The molecule has 0 unspecified atom stereocenters. The van der Waals surface area contributed by atoms with E-state index in [4.69, 9.17) is 0 Å². The summed E-state index contributed by atoms with van der Waals surface area (Å²) >= 11 is 0.386. The number of rotatable bonds is 4. The van der Waals surface area contributed by atoms with Gasteiger partial charge in [-0.15, -0.1) is 0 Å². The molecule has 0 fully saturated rings. The van der Waals surface area contributed by atoms with Crippen LogP contribution in [0.25, 0.3) is 0 Å². The first-order chi connectivity index (χ1) is 4.13. The molecule has 0 amide bonds. The van der Waals surface area contributed by atoms with Crippen LogP contribution in [0.2, 0.25) is 8.94 Å². The molecule has 0 aromatic heterocycles. The molecule has 0 aliphatic carbocycles. The molecule has 0 aromatic carbocycles. The normalized spacial score (nSPS) is 11.3. The fourth-order valence-electron chi connectivity index (χ4n) is 0.539. The first-order valence-corrected chi connectivity index (χ1v) is 7.00. The molecule has 0 saturated carbocycles. The first-order valence-electron chi connectivity index (χ1n) is 3.70. The second-order valence-electron chi connectivity index (χ2n) is 3.33. The minimum absolute atomic E-state index is 0.386. The van der Waals surface area contributed by atoms with Gasteiger partial charge in [0.05, 0.1) is 0 Å². The molecule has 0 bridgehead atoms. The van der Waals surface area contributed by atoms with Gasteiger partial charge in [-0.2, -0.15) is 0 Å². The van der Waals surface area contributed by atoms with Gasteiger partial charge in [-0.3, -0.25) is 0 Å². The van der Waals surface area contributed by atoms with Gasteiger partial charge in [0.25, 0.3) is 0 Å². The van der Waals surface area contributed by atoms with Crippen LogP contribution in [-0.2, 0) is 0 Å². The standard InChI is InChI=1S/C8H18Te/c1-7(2)5-9-6-8(3)4/h7-8H,5-6H2,1-4H3. The van der Waals surface area contributed by atoms with Gasteiger partial charge in [0.1, 0.15) is 0 Å². The summed E-state index contributed by atoms with van der Waals surface area (Å²) in [7, 11) is 0. The fourth-order valence-corrected chi connectivity index (χ4v) is 3.62. The summed E-state index contributed by atoms with van der Waals surface area (Å²) in [6, 6.07) is 0. The minimum atomic E-state index is 0.386. The molecule has 0 aliphatic heterocycles. The summed E-state index contributed by atoms with van der Waals surface area (Å²) in [4.78, 5) is 0. The molecule has 0 heterocycles. The van der Waals surface area contributed by atoms with Crippen molar-refractivity contribution < 1.29 is 0 Å². The molecule has 9 heavy (non-hydrogen) atoms. The van der Waals surface area contributed by atoms with Crippen molar-refractivity contribution in [3.05, 3.63) is 0 Å². The second-order valence-corrected chi connectivity index (χ2v) is 6.39. The van der Waals surface area contributed by atoms with Gasteiger partial charge in [0.15, 0.2) is 0 Å². The summed E-state index contributed by atoms with van der Waals surface area (Å²) in [5.74, 6) is 1.90. The summed E-state index contributed by atoms with van der Waals surface area (Å²) in [6.45, 7) is 9.30. The zero-order valence-electron chi connectivity index (χ0n) is 6.98. The molecule has 0 rings (SSSR count). The molecular formula is C8H18Te. The molecule has 0 atom stereocenters. The van der Waals surface area contributed by atoms with Gasteiger partial charge in [-0.1, -0.05) is 0 Å². The topological polar surface area (TPSA) is 0 Å². The average molecular weight is 242 g/mol. The van der Waals surface area contributed by atoms with Crippen molar-refractivity contribution in [2.45, 2.75) is 36.6 Å². The van der Waals surface area contributed by atoms with Crippen LogP contribution in [0.1, 0.15) is 27.7 Å². The Morgan fingerprint density at radius 1 is 0.889 bits per heavy atom. The van der Waals surface area contributed by atoms with Crippen molar-refractivity contribution in [2.24, 2.45) is 11.8 Å². The van der Waals surface area contributed by atoms with E-state index in [-0.39, 0.29) is 0 Å². The SMILES string of the molecule is CC(C)C[Te]CC(C)C. The Morgan fingerprint density at radius 2 is 1.22 bits per heavy atom. The van der Waals surface area contributed by atoms with Crippen LogP contribution >= 0.6 is 0 Å². The van der Waals surface area contributed by atoms with Crippen molar-refractivity contribution >= 4 is 20.9 Å². The van der Waals surface area contributed by atoms with Crippen molar-refractivity contribution in [1.82, 2.24) is 0 Å². The number of hydrogen-bond donors (Lipinski definition) is 0. The quantitative estimate of drug-likeness (QED) is 0.664. The second kappa shape index (κ2) is 5.57. The molecule has 0 spiro atoms. The van der Waals surface area contributed by atoms with E-state index >= 15 is 0 Å². The van der Waals surface area contributed by atoms with Gasteiger partial charge >= 0.3 is 69.4 Å². The molecule has 56 valence electrons. The van der Waals surface area contributed by atoms with E-state index in [1.807, 2.05) is 0 Å². The van der Waals surface area contributed by atoms with Crippen LogP contribution in [0.4, 0.5) is 0 Å². The third-order valence-corrected chi connectivity index (χ3v) is 6.05. The van der Waals surface area contributed by atoms with Crippen LogP contribution in [0.5, 0.6) is 0 Å². The Balaban J connectivity index is 2.91.